The van der Waals surface area contributed by atoms with E-state index in [1.165, 1.54) is 30.3 Å². The lowest BCUT2D eigenvalue weighted by molar-refractivity contribution is -0.128. The molecule has 0 atom stereocenters. The lowest BCUT2D eigenvalue weighted by atomic mass is 10.2. The van der Waals surface area contributed by atoms with Gasteiger partial charge in [-0.2, -0.15) is 0 Å². The number of ether oxygens (including phenoxy) is 1. The van der Waals surface area contributed by atoms with E-state index in [0.717, 1.165) is 42.9 Å². The number of rotatable bonds is 6. The Hall–Kier alpha value is -2.22. The zero-order chi connectivity index (χ0) is 18.8. The molecular weight excluding hydrogens is 362 g/mol. The first-order valence-corrected chi connectivity index (χ1v) is 10.4. The molecular formula is C19H25N5O2S. The second-order valence-corrected chi connectivity index (χ2v) is 7.93. The van der Waals surface area contributed by atoms with Gasteiger partial charge in [-0.1, -0.05) is 11.8 Å². The molecule has 1 saturated carbocycles. The monoisotopic (exact) mass is 387 g/mol. The van der Waals surface area contributed by atoms with Gasteiger partial charge in [-0.15, -0.1) is 10.2 Å². The van der Waals surface area contributed by atoms with Crippen molar-refractivity contribution in [2.24, 2.45) is 0 Å². The Morgan fingerprint density at radius 2 is 1.85 bits per heavy atom. The molecule has 4 rings (SSSR count). The van der Waals surface area contributed by atoms with Gasteiger partial charge >= 0.3 is 0 Å². The van der Waals surface area contributed by atoms with Crippen LogP contribution < -0.4 is 9.64 Å². The molecule has 1 aliphatic heterocycles. The summed E-state index contributed by atoms with van der Waals surface area (Å²) in [5, 5.41) is 9.30. The second-order valence-electron chi connectivity index (χ2n) is 6.99. The smallest absolute Gasteiger partial charge is 0.233 e. The van der Waals surface area contributed by atoms with Crippen molar-refractivity contribution < 1.29 is 9.53 Å². The number of carbonyl (C=O) groups excluding carboxylic acids is 1. The Kier molecular flexibility index (Phi) is 5.24. The Bertz CT molecular complexity index is 795. The van der Waals surface area contributed by atoms with E-state index < -0.39 is 0 Å². The number of aryl methyl sites for hydroxylation is 1. The van der Waals surface area contributed by atoms with Gasteiger partial charge in [0.15, 0.2) is 5.16 Å². The van der Waals surface area contributed by atoms with E-state index in [0.29, 0.717) is 11.8 Å². The summed E-state index contributed by atoms with van der Waals surface area (Å²) in [4.78, 5) is 16.9. The lowest BCUT2D eigenvalue weighted by Crippen LogP contribution is -2.49. The molecule has 1 aromatic heterocycles. The van der Waals surface area contributed by atoms with Crippen molar-refractivity contribution in [2.75, 3.05) is 43.9 Å². The van der Waals surface area contributed by atoms with Gasteiger partial charge in [-0.25, -0.2) is 0 Å². The van der Waals surface area contributed by atoms with Gasteiger partial charge in [0.25, 0.3) is 0 Å². The van der Waals surface area contributed by atoms with Crippen LogP contribution in [0.1, 0.15) is 24.7 Å². The molecule has 1 saturated heterocycles. The maximum absolute atomic E-state index is 12.6. The Morgan fingerprint density at radius 3 is 2.48 bits per heavy atom. The van der Waals surface area contributed by atoms with E-state index in [1.807, 2.05) is 24.0 Å². The number of benzene rings is 1. The summed E-state index contributed by atoms with van der Waals surface area (Å²) in [6, 6.07) is 8.62. The van der Waals surface area contributed by atoms with Crippen molar-refractivity contribution in [3.05, 3.63) is 30.1 Å². The number of carbonyl (C=O) groups is 1. The number of hydrogen-bond acceptors (Lipinski definition) is 6. The molecule has 8 heteroatoms. The van der Waals surface area contributed by atoms with E-state index in [-0.39, 0.29) is 5.91 Å². The maximum Gasteiger partial charge on any atom is 0.233 e. The summed E-state index contributed by atoms with van der Waals surface area (Å²) >= 11 is 1.51. The molecule has 0 bridgehead atoms. The molecule has 1 aromatic carbocycles. The number of methoxy groups -OCH3 is 1. The summed E-state index contributed by atoms with van der Waals surface area (Å²) in [6.07, 6.45) is 2.38. The van der Waals surface area contributed by atoms with E-state index in [1.54, 1.807) is 7.11 Å². The molecule has 2 aromatic rings. The summed E-state index contributed by atoms with van der Waals surface area (Å²) in [7, 11) is 1.67. The average molecular weight is 388 g/mol. The third-order valence-electron chi connectivity index (χ3n) is 5.14. The molecule has 2 heterocycles. The van der Waals surface area contributed by atoms with E-state index in [2.05, 4.69) is 31.8 Å². The van der Waals surface area contributed by atoms with Crippen molar-refractivity contribution in [3.63, 3.8) is 0 Å². The van der Waals surface area contributed by atoms with E-state index >= 15 is 0 Å². The number of aromatic nitrogens is 3. The average Bonchev–Trinajstić information content (AvgIpc) is 3.48. The van der Waals surface area contributed by atoms with Gasteiger partial charge < -0.3 is 19.1 Å². The van der Waals surface area contributed by atoms with Gasteiger partial charge in [-0.05, 0) is 44.0 Å². The zero-order valence-electron chi connectivity index (χ0n) is 15.8. The standard InChI is InChI=1S/C19H25N5O2S/c1-14-20-21-19(24(14)16-3-4-16)27-13-18(25)23-11-9-22(10-12-23)15-5-7-17(26-2)8-6-15/h5-8,16H,3-4,9-13H2,1-2H3. The molecule has 1 amide bonds. The molecule has 0 radical (unpaired) electrons. The van der Waals surface area contributed by atoms with Crippen LogP contribution >= 0.6 is 11.8 Å². The highest BCUT2D eigenvalue weighted by atomic mass is 32.2. The van der Waals surface area contributed by atoms with Gasteiger partial charge in [0.1, 0.15) is 11.6 Å². The maximum atomic E-state index is 12.6. The van der Waals surface area contributed by atoms with Crippen LogP contribution in [-0.2, 0) is 4.79 Å². The van der Waals surface area contributed by atoms with Crippen LogP contribution in [0.3, 0.4) is 0 Å². The summed E-state index contributed by atoms with van der Waals surface area (Å²) < 4.78 is 7.39. The van der Waals surface area contributed by atoms with Crippen LogP contribution in [-0.4, -0.2) is 64.6 Å². The molecule has 0 unspecified atom stereocenters. The van der Waals surface area contributed by atoms with Gasteiger partial charge in [-0.3, -0.25) is 4.79 Å². The number of hydrogen-bond donors (Lipinski definition) is 0. The van der Waals surface area contributed by atoms with Crippen molar-refractivity contribution in [1.82, 2.24) is 19.7 Å². The number of amides is 1. The minimum atomic E-state index is 0.178. The minimum Gasteiger partial charge on any atom is -0.497 e. The van der Waals surface area contributed by atoms with E-state index in [9.17, 15) is 4.79 Å². The molecule has 0 N–H and O–H groups in total. The Balaban J connectivity index is 1.28. The summed E-state index contributed by atoms with van der Waals surface area (Å²) in [5.41, 5.74) is 1.17. The summed E-state index contributed by atoms with van der Waals surface area (Å²) in [5.74, 6) is 2.41. The van der Waals surface area contributed by atoms with Crippen molar-refractivity contribution >= 4 is 23.4 Å². The van der Waals surface area contributed by atoms with Gasteiger partial charge in [0, 0.05) is 37.9 Å². The SMILES string of the molecule is COc1ccc(N2CCN(C(=O)CSc3nnc(C)n3C3CC3)CC2)cc1. The number of piperazine rings is 1. The van der Waals surface area contributed by atoms with Gasteiger partial charge in [0.2, 0.25) is 5.91 Å². The fourth-order valence-corrected chi connectivity index (χ4v) is 4.38. The largest absolute Gasteiger partial charge is 0.497 e. The number of anilines is 1. The van der Waals surface area contributed by atoms with Crippen LogP contribution in [0.5, 0.6) is 5.75 Å². The molecule has 7 nitrogen and oxygen atoms in total. The molecule has 1 aliphatic carbocycles. The van der Waals surface area contributed by atoms with Crippen LogP contribution in [0.25, 0.3) is 0 Å². The van der Waals surface area contributed by atoms with Crippen molar-refractivity contribution in [2.45, 2.75) is 31.0 Å². The fraction of sp³-hybridized carbons (Fsp3) is 0.526. The first kappa shape index (κ1) is 18.2. The second kappa shape index (κ2) is 7.80. The van der Waals surface area contributed by atoms with Crippen LogP contribution in [0, 0.1) is 6.92 Å². The molecule has 27 heavy (non-hydrogen) atoms. The Morgan fingerprint density at radius 1 is 1.15 bits per heavy atom. The third-order valence-corrected chi connectivity index (χ3v) is 6.07. The van der Waals surface area contributed by atoms with Crippen molar-refractivity contribution in [3.8, 4) is 5.75 Å². The highest BCUT2D eigenvalue weighted by Gasteiger charge is 2.29. The zero-order valence-corrected chi connectivity index (χ0v) is 16.6. The fourth-order valence-electron chi connectivity index (χ4n) is 3.43. The van der Waals surface area contributed by atoms with Crippen LogP contribution in [0.15, 0.2) is 29.4 Å². The molecule has 0 spiro atoms. The highest BCUT2D eigenvalue weighted by Crippen LogP contribution is 2.38. The number of thioether (sulfide) groups is 1. The van der Waals surface area contributed by atoms with Crippen LogP contribution in [0.4, 0.5) is 5.69 Å². The quantitative estimate of drug-likeness (QED) is 0.709. The van der Waals surface area contributed by atoms with Gasteiger partial charge in [0.05, 0.1) is 12.9 Å². The predicted octanol–water partition coefficient (Wildman–Crippen LogP) is 2.37. The first-order chi connectivity index (χ1) is 13.2. The summed E-state index contributed by atoms with van der Waals surface area (Å²) in [6.45, 7) is 5.18. The van der Waals surface area contributed by atoms with Crippen LogP contribution in [0.2, 0.25) is 0 Å². The lowest BCUT2D eigenvalue weighted by Gasteiger charge is -2.36. The molecule has 2 aliphatic rings. The number of nitrogens with zero attached hydrogens (tertiary/aromatic N) is 5. The predicted molar refractivity (Wildman–Crippen MR) is 106 cm³/mol. The first-order valence-electron chi connectivity index (χ1n) is 9.37. The normalized spacial score (nSPS) is 17.3. The molecule has 2 fully saturated rings. The molecule has 144 valence electrons. The highest BCUT2D eigenvalue weighted by molar-refractivity contribution is 7.99. The van der Waals surface area contributed by atoms with E-state index in [4.69, 9.17) is 4.74 Å². The topological polar surface area (TPSA) is 63.5 Å². The van der Waals surface area contributed by atoms with Crippen molar-refractivity contribution in [1.29, 1.82) is 0 Å². The Labute approximate surface area is 163 Å². The minimum absolute atomic E-state index is 0.178. The third kappa shape index (κ3) is 4.05.